The zero-order chi connectivity index (χ0) is 22.5. The molecule has 3 rings (SSSR count). The first-order valence-electron chi connectivity index (χ1n) is 10.6. The van der Waals surface area contributed by atoms with Crippen molar-refractivity contribution in [2.45, 2.75) is 78.0 Å². The van der Waals surface area contributed by atoms with Gasteiger partial charge >= 0.3 is 6.09 Å². The fourth-order valence-corrected chi connectivity index (χ4v) is 7.74. The molecule has 2 saturated carbocycles. The molecule has 1 aliphatic heterocycles. The summed E-state index contributed by atoms with van der Waals surface area (Å²) in [7, 11) is -3.61. The highest BCUT2D eigenvalue weighted by Crippen LogP contribution is 2.64. The van der Waals surface area contributed by atoms with Crippen molar-refractivity contribution in [2.24, 2.45) is 16.7 Å². The van der Waals surface area contributed by atoms with Crippen molar-refractivity contribution in [3.8, 4) is 0 Å². The molecule has 0 aromatic heterocycles. The van der Waals surface area contributed by atoms with Crippen molar-refractivity contribution in [2.75, 3.05) is 24.3 Å². The second kappa shape index (κ2) is 7.96. The van der Waals surface area contributed by atoms with Crippen molar-refractivity contribution in [1.82, 2.24) is 4.90 Å². The van der Waals surface area contributed by atoms with E-state index in [1.54, 1.807) is 37.4 Å². The second-order valence-electron chi connectivity index (χ2n) is 10.6. The predicted octanol–water partition coefficient (Wildman–Crippen LogP) is 3.47. The maximum Gasteiger partial charge on any atom is 0.410 e. The van der Waals surface area contributed by atoms with Gasteiger partial charge in [-0.1, -0.05) is 13.8 Å². The van der Waals surface area contributed by atoms with Crippen LogP contribution in [-0.2, 0) is 23.8 Å². The number of ketones is 1. The van der Waals surface area contributed by atoms with Gasteiger partial charge < -0.3 is 9.64 Å². The first kappa shape index (κ1) is 23.9. The Labute approximate surface area is 184 Å². The van der Waals surface area contributed by atoms with Crippen LogP contribution in [0.3, 0.4) is 0 Å². The van der Waals surface area contributed by atoms with Gasteiger partial charge in [0, 0.05) is 29.4 Å². The Morgan fingerprint density at radius 2 is 1.97 bits per heavy atom. The van der Waals surface area contributed by atoms with Gasteiger partial charge in [-0.25, -0.2) is 4.79 Å². The fraction of sp³-hybridized carbons (Fsp3) is 0.905. The number of thioether (sulfide) groups is 1. The van der Waals surface area contributed by atoms with E-state index in [1.165, 1.54) is 0 Å². The molecular weight excluding hydrogens is 426 g/mol. The van der Waals surface area contributed by atoms with Gasteiger partial charge in [0.1, 0.15) is 11.4 Å². The summed E-state index contributed by atoms with van der Waals surface area (Å²) in [6.07, 6.45) is 3.17. The molecule has 3 fully saturated rings. The first-order valence-corrected chi connectivity index (χ1v) is 13.6. The summed E-state index contributed by atoms with van der Waals surface area (Å²) in [5.41, 5.74) is -0.900. The number of nitrogens with zero attached hydrogens (tertiary/aromatic N) is 1. The van der Waals surface area contributed by atoms with Crippen LogP contribution in [0.25, 0.3) is 0 Å². The lowest BCUT2D eigenvalue weighted by Gasteiger charge is -2.37. The maximum absolute atomic E-state index is 12.8. The van der Waals surface area contributed by atoms with Crippen LogP contribution < -0.4 is 0 Å². The van der Waals surface area contributed by atoms with Crippen LogP contribution in [0, 0.1) is 16.7 Å². The third kappa shape index (κ3) is 4.67. The number of amides is 1. The normalized spacial score (nSPS) is 33.3. The third-order valence-electron chi connectivity index (χ3n) is 7.11. The number of fused-ring (bicyclic) bond motifs is 2. The average Bonchev–Trinajstić information content (AvgIpc) is 3.11. The second-order valence-corrected chi connectivity index (χ2v) is 13.3. The minimum atomic E-state index is -3.61. The largest absolute Gasteiger partial charge is 0.444 e. The topological polar surface area (TPSA) is 90.0 Å². The van der Waals surface area contributed by atoms with Gasteiger partial charge in [0.15, 0.2) is 0 Å². The zero-order valence-corrected chi connectivity index (χ0v) is 20.5. The summed E-state index contributed by atoms with van der Waals surface area (Å²) in [5, 5.41) is 0. The van der Waals surface area contributed by atoms with Crippen molar-refractivity contribution >= 4 is 33.8 Å². The van der Waals surface area contributed by atoms with E-state index in [1.807, 2.05) is 0 Å². The van der Waals surface area contributed by atoms with E-state index >= 15 is 0 Å². The zero-order valence-electron chi connectivity index (χ0n) is 18.9. The highest BCUT2D eigenvalue weighted by Gasteiger charge is 2.63. The van der Waals surface area contributed by atoms with E-state index < -0.39 is 27.9 Å². The highest BCUT2D eigenvalue weighted by molar-refractivity contribution is 7.99. The molecule has 7 nitrogen and oxygen atoms in total. The molecule has 0 radical (unpaired) electrons. The number of carbonyl (C=O) groups is 2. The lowest BCUT2D eigenvalue weighted by molar-refractivity contribution is -0.127. The van der Waals surface area contributed by atoms with Crippen LogP contribution in [0.4, 0.5) is 4.79 Å². The van der Waals surface area contributed by atoms with Crippen LogP contribution >= 0.6 is 11.8 Å². The van der Waals surface area contributed by atoms with Gasteiger partial charge in [0.25, 0.3) is 10.1 Å². The summed E-state index contributed by atoms with van der Waals surface area (Å²) in [5.74, 6) is 2.22. The van der Waals surface area contributed by atoms with E-state index in [2.05, 4.69) is 13.8 Å². The van der Waals surface area contributed by atoms with Crippen LogP contribution in [0.15, 0.2) is 0 Å². The standard InChI is InChI=1S/C21H35NO6S2/c1-19(2,3)27-18(24)22-11-16(28-30(6,25)26)10-15(22)12-29-13-21-8-7-14(9-17(21)23)20(21,4)5/h14-16H,7-13H2,1-6H3/t14-,15+,16-,21-/m1/s1. The molecule has 1 heterocycles. The predicted molar refractivity (Wildman–Crippen MR) is 117 cm³/mol. The van der Waals surface area contributed by atoms with Gasteiger partial charge in [-0.15, -0.1) is 0 Å². The Bertz CT molecular complexity index is 803. The Morgan fingerprint density at radius 1 is 1.30 bits per heavy atom. The number of Topliss-reactive ketones (excluding diaryl/α,β-unsaturated/α-hetero) is 1. The summed E-state index contributed by atoms with van der Waals surface area (Å²) < 4.78 is 33.9. The Kier molecular flexibility index (Phi) is 6.33. The molecule has 2 bridgehead atoms. The van der Waals surface area contributed by atoms with Gasteiger partial charge in [-0.3, -0.25) is 8.98 Å². The molecule has 3 aliphatic rings. The minimum Gasteiger partial charge on any atom is -0.444 e. The molecule has 172 valence electrons. The summed E-state index contributed by atoms with van der Waals surface area (Å²) in [4.78, 5) is 27.1. The van der Waals surface area contributed by atoms with Crippen molar-refractivity contribution in [3.05, 3.63) is 0 Å². The first-order chi connectivity index (χ1) is 13.6. The van der Waals surface area contributed by atoms with Gasteiger partial charge in [0.2, 0.25) is 0 Å². The average molecular weight is 462 g/mol. The smallest absolute Gasteiger partial charge is 0.410 e. The Balaban J connectivity index is 1.67. The van der Waals surface area contributed by atoms with E-state index in [0.29, 0.717) is 30.3 Å². The van der Waals surface area contributed by atoms with Crippen LogP contribution in [-0.4, -0.2) is 67.2 Å². The van der Waals surface area contributed by atoms with Crippen molar-refractivity contribution in [3.63, 3.8) is 0 Å². The molecule has 1 amide bonds. The summed E-state index contributed by atoms with van der Waals surface area (Å²) >= 11 is 1.69. The van der Waals surface area contributed by atoms with E-state index in [4.69, 9.17) is 8.92 Å². The lowest BCUT2D eigenvalue weighted by atomic mass is 9.70. The quantitative estimate of drug-likeness (QED) is 0.560. The Morgan fingerprint density at radius 3 is 2.47 bits per heavy atom. The molecule has 0 spiro atoms. The SMILES string of the molecule is CC(C)(C)OC(=O)N1C[C@H](OS(C)(=O)=O)C[C@H]1CSC[C@]12CC[C@H](CC1=O)C2(C)C. The lowest BCUT2D eigenvalue weighted by Crippen LogP contribution is -2.42. The number of rotatable bonds is 6. The van der Waals surface area contributed by atoms with Crippen LogP contribution in [0.5, 0.6) is 0 Å². The molecule has 0 unspecified atom stereocenters. The van der Waals surface area contributed by atoms with Crippen molar-refractivity contribution in [1.29, 1.82) is 0 Å². The van der Waals surface area contributed by atoms with Crippen LogP contribution in [0.1, 0.15) is 60.3 Å². The monoisotopic (exact) mass is 461 g/mol. The van der Waals surface area contributed by atoms with Crippen molar-refractivity contribution < 1.29 is 26.9 Å². The molecule has 0 N–H and O–H groups in total. The molecule has 1 saturated heterocycles. The summed E-state index contributed by atoms with van der Waals surface area (Å²) in [6.45, 7) is 10.0. The molecule has 4 atom stereocenters. The molecule has 9 heteroatoms. The summed E-state index contributed by atoms with van der Waals surface area (Å²) in [6, 6.07) is -0.190. The van der Waals surface area contributed by atoms with Crippen LogP contribution in [0.2, 0.25) is 0 Å². The van der Waals surface area contributed by atoms with Gasteiger partial charge in [0.05, 0.1) is 18.9 Å². The third-order valence-corrected chi connectivity index (χ3v) is 9.05. The molecular formula is C21H35NO6S2. The minimum absolute atomic E-state index is 0.0134. The molecule has 0 aromatic carbocycles. The number of ether oxygens (including phenoxy) is 1. The Hall–Kier alpha value is -0.800. The fourth-order valence-electron chi connectivity index (χ4n) is 5.37. The number of likely N-dealkylation sites (tertiary alicyclic amines) is 1. The number of hydrogen-bond acceptors (Lipinski definition) is 7. The molecule has 2 aliphatic carbocycles. The van der Waals surface area contributed by atoms with E-state index in [0.717, 1.165) is 24.9 Å². The number of carbonyl (C=O) groups excluding carboxylic acids is 2. The number of hydrogen-bond donors (Lipinski definition) is 0. The highest BCUT2D eigenvalue weighted by atomic mass is 32.2. The molecule has 0 aromatic rings. The van der Waals surface area contributed by atoms with E-state index in [9.17, 15) is 18.0 Å². The van der Waals surface area contributed by atoms with E-state index in [-0.39, 0.29) is 23.4 Å². The molecule has 30 heavy (non-hydrogen) atoms. The van der Waals surface area contributed by atoms with Gasteiger partial charge in [-0.05, 0) is 51.4 Å². The van der Waals surface area contributed by atoms with Gasteiger partial charge in [-0.2, -0.15) is 20.2 Å². The maximum atomic E-state index is 12.8.